The van der Waals surface area contributed by atoms with E-state index in [4.69, 9.17) is 11.6 Å². The molecule has 0 aliphatic rings. The second kappa shape index (κ2) is 7.04. The van der Waals surface area contributed by atoms with Crippen molar-refractivity contribution < 1.29 is 14.6 Å². The summed E-state index contributed by atoms with van der Waals surface area (Å²) >= 11 is 5.94. The number of hydrogen-bond acceptors (Lipinski definition) is 6. The highest BCUT2D eigenvalue weighted by Crippen LogP contribution is 2.28. The number of benzene rings is 1. The lowest BCUT2D eigenvalue weighted by atomic mass is 10.2. The summed E-state index contributed by atoms with van der Waals surface area (Å²) in [5.74, 6) is -0.544. The Bertz CT molecular complexity index is 806. The molecule has 1 heterocycles. The molecular formula is C13H12ClN5O5. The number of rotatable bonds is 6. The summed E-state index contributed by atoms with van der Waals surface area (Å²) < 4.78 is 1.17. The van der Waals surface area contributed by atoms with Gasteiger partial charge in [-0.05, 0) is 12.5 Å². The summed E-state index contributed by atoms with van der Waals surface area (Å²) in [4.78, 5) is 32.7. The van der Waals surface area contributed by atoms with Crippen molar-refractivity contribution in [2.45, 2.75) is 19.4 Å². The maximum Gasteiger partial charge on any atom is 0.307 e. The third kappa shape index (κ3) is 3.66. The third-order valence-corrected chi connectivity index (χ3v) is 3.56. The fourth-order valence-electron chi connectivity index (χ4n) is 2.02. The first-order valence-corrected chi connectivity index (χ1v) is 7.14. The molecule has 0 saturated heterocycles. The zero-order valence-corrected chi connectivity index (χ0v) is 13.1. The number of hydrogen-bond donors (Lipinski definition) is 1. The first-order chi connectivity index (χ1) is 11.3. The summed E-state index contributed by atoms with van der Waals surface area (Å²) in [7, 11) is 0. The van der Waals surface area contributed by atoms with E-state index < -0.39 is 21.8 Å². The van der Waals surface area contributed by atoms with Gasteiger partial charge in [0.2, 0.25) is 5.91 Å². The number of halogens is 1. The Morgan fingerprint density at radius 2 is 2.00 bits per heavy atom. The normalized spacial score (nSPS) is 11.8. The highest BCUT2D eigenvalue weighted by Gasteiger charge is 2.23. The van der Waals surface area contributed by atoms with E-state index in [-0.39, 0.29) is 22.1 Å². The fraction of sp³-hybridized carbons (Fsp3) is 0.231. The molecule has 126 valence electrons. The minimum absolute atomic E-state index is 0.0796. The molecule has 10 nitrogen and oxygen atoms in total. The molecule has 24 heavy (non-hydrogen) atoms. The third-order valence-electron chi connectivity index (χ3n) is 3.23. The van der Waals surface area contributed by atoms with Gasteiger partial charge in [0, 0.05) is 12.1 Å². The van der Waals surface area contributed by atoms with Crippen LogP contribution < -0.4 is 5.32 Å². The molecule has 11 heteroatoms. The summed E-state index contributed by atoms with van der Waals surface area (Å²) in [5.41, 5.74) is -0.386. The van der Waals surface area contributed by atoms with Crippen molar-refractivity contribution in [3.63, 3.8) is 0 Å². The van der Waals surface area contributed by atoms with Crippen LogP contribution in [-0.4, -0.2) is 25.5 Å². The lowest BCUT2D eigenvalue weighted by molar-refractivity contribution is -0.385. The van der Waals surface area contributed by atoms with Crippen LogP contribution in [0.3, 0.4) is 0 Å². The van der Waals surface area contributed by atoms with Crippen LogP contribution in [0.2, 0.25) is 5.02 Å². The SMILES string of the molecule is CCC(C(=O)Nc1cc([N+](=O)[O-])ccc1Cl)n1cc([N+](=O)[O-])cn1. The average molecular weight is 354 g/mol. The number of carbonyl (C=O) groups is 1. The Labute approximate surface area is 140 Å². The Morgan fingerprint density at radius 3 is 2.54 bits per heavy atom. The van der Waals surface area contributed by atoms with Crippen molar-refractivity contribution in [2.75, 3.05) is 5.32 Å². The van der Waals surface area contributed by atoms with Crippen LogP contribution >= 0.6 is 11.6 Å². The van der Waals surface area contributed by atoms with Gasteiger partial charge in [-0.15, -0.1) is 0 Å². The minimum atomic E-state index is -0.825. The molecule has 1 amide bonds. The molecule has 1 aromatic carbocycles. The second-order valence-corrected chi connectivity index (χ2v) is 5.18. The highest BCUT2D eigenvalue weighted by atomic mass is 35.5. The lowest BCUT2D eigenvalue weighted by Gasteiger charge is -2.15. The molecule has 0 bridgehead atoms. The Hall–Kier alpha value is -3.01. The first kappa shape index (κ1) is 17.3. The predicted octanol–water partition coefficient (Wildman–Crippen LogP) is 2.94. The molecule has 0 saturated carbocycles. The number of nitrogens with one attached hydrogen (secondary N) is 1. The maximum atomic E-state index is 12.4. The van der Waals surface area contributed by atoms with Crippen LogP contribution in [0.4, 0.5) is 17.1 Å². The number of nitro benzene ring substituents is 1. The van der Waals surface area contributed by atoms with Crippen LogP contribution in [0.25, 0.3) is 0 Å². The van der Waals surface area contributed by atoms with Gasteiger partial charge < -0.3 is 5.32 Å². The van der Waals surface area contributed by atoms with Crippen LogP contribution in [-0.2, 0) is 4.79 Å². The van der Waals surface area contributed by atoms with Crippen molar-refractivity contribution in [1.82, 2.24) is 9.78 Å². The van der Waals surface area contributed by atoms with Gasteiger partial charge >= 0.3 is 5.69 Å². The minimum Gasteiger partial charge on any atom is -0.323 e. The average Bonchev–Trinajstić information content (AvgIpc) is 3.00. The number of anilines is 1. The summed E-state index contributed by atoms with van der Waals surface area (Å²) in [6, 6.07) is 2.83. The Morgan fingerprint density at radius 1 is 1.33 bits per heavy atom. The molecular weight excluding hydrogens is 342 g/mol. The topological polar surface area (TPSA) is 133 Å². The number of carbonyl (C=O) groups excluding carboxylic acids is 1. The van der Waals surface area contributed by atoms with Gasteiger partial charge in [-0.25, -0.2) is 0 Å². The summed E-state index contributed by atoms with van der Waals surface area (Å²) in [6.45, 7) is 1.70. The zero-order valence-electron chi connectivity index (χ0n) is 12.4. The van der Waals surface area contributed by atoms with Crippen molar-refractivity contribution in [2.24, 2.45) is 0 Å². The molecule has 0 fully saturated rings. The predicted molar refractivity (Wildman–Crippen MR) is 84.9 cm³/mol. The van der Waals surface area contributed by atoms with Gasteiger partial charge in [0.1, 0.15) is 18.4 Å². The van der Waals surface area contributed by atoms with Crippen LogP contribution in [0, 0.1) is 20.2 Å². The van der Waals surface area contributed by atoms with Crippen molar-refractivity contribution in [3.05, 3.63) is 55.8 Å². The number of non-ortho nitro benzene ring substituents is 1. The zero-order chi connectivity index (χ0) is 17.9. The van der Waals surface area contributed by atoms with Gasteiger partial charge in [0.15, 0.2) is 0 Å². The number of aromatic nitrogens is 2. The molecule has 2 aromatic rings. The van der Waals surface area contributed by atoms with E-state index in [1.165, 1.54) is 16.8 Å². The van der Waals surface area contributed by atoms with Gasteiger partial charge in [-0.3, -0.25) is 29.7 Å². The van der Waals surface area contributed by atoms with E-state index in [0.717, 1.165) is 18.5 Å². The number of nitro groups is 2. The standard InChI is InChI=1S/C13H12ClN5O5/c1-2-12(17-7-9(6-15-17)19(23)24)13(20)16-11-5-8(18(21)22)3-4-10(11)14/h3-7,12H,2H2,1H3,(H,16,20). The smallest absolute Gasteiger partial charge is 0.307 e. The molecule has 1 atom stereocenters. The van der Waals surface area contributed by atoms with E-state index >= 15 is 0 Å². The molecule has 0 radical (unpaired) electrons. The van der Waals surface area contributed by atoms with E-state index in [0.29, 0.717) is 6.42 Å². The van der Waals surface area contributed by atoms with Gasteiger partial charge in [0.25, 0.3) is 5.69 Å². The summed E-state index contributed by atoms with van der Waals surface area (Å²) in [5, 5.41) is 27.9. The summed E-state index contributed by atoms with van der Waals surface area (Å²) in [6.07, 6.45) is 2.48. The van der Waals surface area contributed by atoms with Gasteiger partial charge in [-0.2, -0.15) is 5.10 Å². The number of nitrogens with zero attached hydrogens (tertiary/aromatic N) is 4. The largest absolute Gasteiger partial charge is 0.323 e. The van der Waals surface area contributed by atoms with E-state index in [2.05, 4.69) is 10.4 Å². The van der Waals surface area contributed by atoms with Gasteiger partial charge in [0.05, 0.1) is 20.6 Å². The van der Waals surface area contributed by atoms with Crippen molar-refractivity contribution in [3.8, 4) is 0 Å². The van der Waals surface area contributed by atoms with Gasteiger partial charge in [-0.1, -0.05) is 18.5 Å². The van der Waals surface area contributed by atoms with Crippen LogP contribution in [0.1, 0.15) is 19.4 Å². The number of amides is 1. The monoisotopic (exact) mass is 353 g/mol. The lowest BCUT2D eigenvalue weighted by Crippen LogP contribution is -2.26. The molecule has 0 aliphatic heterocycles. The first-order valence-electron chi connectivity index (χ1n) is 6.76. The molecule has 1 N–H and O–H groups in total. The van der Waals surface area contributed by atoms with Crippen LogP contribution in [0.15, 0.2) is 30.6 Å². The molecule has 0 aliphatic carbocycles. The second-order valence-electron chi connectivity index (χ2n) is 4.77. The highest BCUT2D eigenvalue weighted by molar-refractivity contribution is 6.33. The van der Waals surface area contributed by atoms with Crippen LogP contribution in [0.5, 0.6) is 0 Å². The van der Waals surface area contributed by atoms with E-state index in [9.17, 15) is 25.0 Å². The molecule has 0 spiro atoms. The Kier molecular flexibility index (Phi) is 5.09. The Balaban J connectivity index is 2.24. The fourth-order valence-corrected chi connectivity index (χ4v) is 2.19. The molecule has 1 aromatic heterocycles. The quantitative estimate of drug-likeness (QED) is 0.626. The van der Waals surface area contributed by atoms with E-state index in [1.807, 2.05) is 0 Å². The van der Waals surface area contributed by atoms with Crippen molar-refractivity contribution in [1.29, 1.82) is 0 Å². The van der Waals surface area contributed by atoms with Crippen molar-refractivity contribution >= 4 is 34.6 Å². The molecule has 2 rings (SSSR count). The maximum absolute atomic E-state index is 12.4. The molecule has 1 unspecified atom stereocenters. The van der Waals surface area contributed by atoms with E-state index in [1.54, 1.807) is 6.92 Å².